The van der Waals surface area contributed by atoms with Crippen molar-refractivity contribution in [3.63, 3.8) is 0 Å². The summed E-state index contributed by atoms with van der Waals surface area (Å²) in [4.78, 5) is 2.33. The van der Waals surface area contributed by atoms with E-state index in [1.165, 1.54) is 23.4 Å². The molecule has 17 heavy (non-hydrogen) atoms. The van der Waals surface area contributed by atoms with Crippen molar-refractivity contribution in [2.75, 3.05) is 24.0 Å². The summed E-state index contributed by atoms with van der Waals surface area (Å²) in [6.45, 7) is 4.29. The van der Waals surface area contributed by atoms with Crippen LogP contribution in [0.2, 0.25) is 0 Å². The third-order valence-electron chi connectivity index (χ3n) is 3.23. The molecule has 1 rings (SSSR count). The van der Waals surface area contributed by atoms with Crippen LogP contribution in [-0.4, -0.2) is 25.1 Å². The highest BCUT2D eigenvalue weighted by Crippen LogP contribution is 2.20. The molecule has 0 aromatic heterocycles. The molecule has 0 aliphatic rings. The molecule has 1 aromatic carbocycles. The summed E-state index contributed by atoms with van der Waals surface area (Å²) < 4.78 is 0. The van der Waals surface area contributed by atoms with Gasteiger partial charge in [-0.2, -0.15) is 11.8 Å². The molecule has 0 aliphatic carbocycles. The van der Waals surface area contributed by atoms with Gasteiger partial charge in [-0.15, -0.1) is 0 Å². The minimum absolute atomic E-state index is 0.114. The molecule has 0 fully saturated rings. The number of nitrogens with two attached hydrogens (primary N) is 1. The standard InChI is InChI=1S/C14H24N2S/c1-11(9-10-17-4)16(3)14-7-5-13(6-8-14)12(2)15/h5-8,11-12H,9-10,15H2,1-4H3/t11?,12-/m0/s1. The van der Waals surface area contributed by atoms with Crippen molar-refractivity contribution in [1.82, 2.24) is 0 Å². The van der Waals surface area contributed by atoms with E-state index >= 15 is 0 Å². The fraction of sp³-hybridized carbons (Fsp3) is 0.571. The van der Waals surface area contributed by atoms with E-state index in [9.17, 15) is 0 Å². The summed E-state index contributed by atoms with van der Waals surface area (Å²) in [5.41, 5.74) is 8.31. The molecule has 1 unspecified atom stereocenters. The Kier molecular flexibility index (Phi) is 5.86. The second-order valence-electron chi connectivity index (χ2n) is 4.62. The molecule has 0 spiro atoms. The minimum atomic E-state index is 0.114. The van der Waals surface area contributed by atoms with E-state index in [1.54, 1.807) is 0 Å². The van der Waals surface area contributed by atoms with Crippen LogP contribution in [-0.2, 0) is 0 Å². The Morgan fingerprint density at radius 1 is 1.24 bits per heavy atom. The highest BCUT2D eigenvalue weighted by Gasteiger charge is 2.09. The summed E-state index contributed by atoms with van der Waals surface area (Å²) >= 11 is 1.91. The lowest BCUT2D eigenvalue weighted by atomic mass is 10.1. The van der Waals surface area contributed by atoms with E-state index in [4.69, 9.17) is 5.73 Å². The van der Waals surface area contributed by atoms with Crippen LogP contribution in [0.3, 0.4) is 0 Å². The average Bonchev–Trinajstić information content (AvgIpc) is 2.35. The Bertz CT molecular complexity index is 321. The summed E-state index contributed by atoms with van der Waals surface area (Å²) in [6, 6.07) is 9.25. The van der Waals surface area contributed by atoms with Crippen molar-refractivity contribution in [1.29, 1.82) is 0 Å². The molecule has 0 bridgehead atoms. The van der Waals surface area contributed by atoms with Crippen molar-refractivity contribution in [3.05, 3.63) is 29.8 Å². The number of thioether (sulfide) groups is 1. The van der Waals surface area contributed by atoms with Gasteiger partial charge in [0.15, 0.2) is 0 Å². The normalized spacial score (nSPS) is 14.4. The summed E-state index contributed by atoms with van der Waals surface area (Å²) in [5, 5.41) is 0. The van der Waals surface area contributed by atoms with Gasteiger partial charge in [0.2, 0.25) is 0 Å². The van der Waals surface area contributed by atoms with Crippen LogP contribution in [0, 0.1) is 0 Å². The van der Waals surface area contributed by atoms with Gasteiger partial charge in [0.1, 0.15) is 0 Å². The first-order valence-electron chi connectivity index (χ1n) is 6.13. The predicted molar refractivity (Wildman–Crippen MR) is 79.9 cm³/mol. The van der Waals surface area contributed by atoms with Gasteiger partial charge < -0.3 is 10.6 Å². The lowest BCUT2D eigenvalue weighted by molar-refractivity contribution is 0.669. The summed E-state index contributed by atoms with van der Waals surface area (Å²) in [7, 11) is 2.16. The second-order valence-corrected chi connectivity index (χ2v) is 5.61. The number of nitrogens with zero attached hydrogens (tertiary/aromatic N) is 1. The van der Waals surface area contributed by atoms with Gasteiger partial charge in [0.05, 0.1) is 0 Å². The van der Waals surface area contributed by atoms with E-state index < -0.39 is 0 Å². The van der Waals surface area contributed by atoms with Crippen LogP contribution in [0.5, 0.6) is 0 Å². The highest BCUT2D eigenvalue weighted by atomic mass is 32.2. The van der Waals surface area contributed by atoms with E-state index in [2.05, 4.69) is 49.4 Å². The molecule has 2 N–H and O–H groups in total. The van der Waals surface area contributed by atoms with Crippen LogP contribution in [0.25, 0.3) is 0 Å². The van der Waals surface area contributed by atoms with E-state index in [0.717, 1.165) is 0 Å². The number of rotatable bonds is 6. The predicted octanol–water partition coefficient (Wildman–Crippen LogP) is 3.28. The third kappa shape index (κ3) is 4.25. The van der Waals surface area contributed by atoms with Crippen molar-refractivity contribution in [2.24, 2.45) is 5.73 Å². The largest absolute Gasteiger partial charge is 0.372 e. The van der Waals surface area contributed by atoms with Crippen LogP contribution in [0.1, 0.15) is 31.9 Å². The first-order valence-corrected chi connectivity index (χ1v) is 7.53. The Morgan fingerprint density at radius 2 is 1.82 bits per heavy atom. The molecular formula is C14H24N2S. The molecule has 96 valence electrons. The summed E-state index contributed by atoms with van der Waals surface area (Å²) in [5.74, 6) is 1.21. The SMILES string of the molecule is CSCCC(C)N(C)c1ccc([C@H](C)N)cc1. The van der Waals surface area contributed by atoms with E-state index in [-0.39, 0.29) is 6.04 Å². The monoisotopic (exact) mass is 252 g/mol. The van der Waals surface area contributed by atoms with Crippen molar-refractivity contribution >= 4 is 17.4 Å². The lowest BCUT2D eigenvalue weighted by Gasteiger charge is -2.27. The Morgan fingerprint density at radius 3 is 2.29 bits per heavy atom. The molecule has 0 heterocycles. The van der Waals surface area contributed by atoms with E-state index in [1.807, 2.05) is 18.7 Å². The van der Waals surface area contributed by atoms with Gasteiger partial charge in [0, 0.05) is 24.8 Å². The van der Waals surface area contributed by atoms with Gasteiger partial charge in [-0.3, -0.25) is 0 Å². The topological polar surface area (TPSA) is 29.3 Å². The molecule has 0 saturated carbocycles. The molecule has 2 nitrogen and oxygen atoms in total. The van der Waals surface area contributed by atoms with Crippen LogP contribution < -0.4 is 10.6 Å². The molecule has 0 amide bonds. The molecule has 0 saturated heterocycles. The zero-order valence-electron chi connectivity index (χ0n) is 11.3. The van der Waals surface area contributed by atoms with Crippen LogP contribution in [0.4, 0.5) is 5.69 Å². The van der Waals surface area contributed by atoms with Crippen molar-refractivity contribution in [3.8, 4) is 0 Å². The quantitative estimate of drug-likeness (QED) is 0.842. The molecule has 0 aliphatic heterocycles. The summed E-state index contributed by atoms with van der Waals surface area (Å²) in [6.07, 6.45) is 3.37. The number of hydrogen-bond acceptors (Lipinski definition) is 3. The van der Waals surface area contributed by atoms with Gasteiger partial charge in [-0.25, -0.2) is 0 Å². The zero-order chi connectivity index (χ0) is 12.8. The molecule has 1 aromatic rings. The zero-order valence-corrected chi connectivity index (χ0v) is 12.1. The maximum Gasteiger partial charge on any atom is 0.0366 e. The average molecular weight is 252 g/mol. The minimum Gasteiger partial charge on any atom is -0.372 e. The maximum absolute atomic E-state index is 5.85. The molecule has 3 heteroatoms. The lowest BCUT2D eigenvalue weighted by Crippen LogP contribution is -2.29. The fourth-order valence-electron chi connectivity index (χ4n) is 1.75. The Balaban J connectivity index is 2.65. The van der Waals surface area contributed by atoms with Crippen molar-refractivity contribution < 1.29 is 0 Å². The van der Waals surface area contributed by atoms with Crippen molar-refractivity contribution in [2.45, 2.75) is 32.4 Å². The smallest absolute Gasteiger partial charge is 0.0366 e. The molecule has 2 atom stereocenters. The van der Waals surface area contributed by atoms with Crippen LogP contribution in [0.15, 0.2) is 24.3 Å². The number of hydrogen-bond donors (Lipinski definition) is 1. The maximum atomic E-state index is 5.85. The number of benzene rings is 1. The fourth-order valence-corrected chi connectivity index (χ4v) is 2.33. The van der Waals surface area contributed by atoms with Gasteiger partial charge in [-0.1, -0.05) is 12.1 Å². The highest BCUT2D eigenvalue weighted by molar-refractivity contribution is 7.98. The number of anilines is 1. The van der Waals surface area contributed by atoms with Crippen LogP contribution >= 0.6 is 11.8 Å². The van der Waals surface area contributed by atoms with Gasteiger partial charge in [-0.05, 0) is 50.0 Å². The van der Waals surface area contributed by atoms with Gasteiger partial charge in [0.25, 0.3) is 0 Å². The third-order valence-corrected chi connectivity index (χ3v) is 3.87. The Labute approximate surface area is 110 Å². The molecule has 0 radical (unpaired) electrons. The van der Waals surface area contributed by atoms with Gasteiger partial charge >= 0.3 is 0 Å². The first kappa shape index (κ1) is 14.4. The van der Waals surface area contributed by atoms with E-state index in [0.29, 0.717) is 6.04 Å². The Hall–Kier alpha value is -0.670. The molecular weight excluding hydrogens is 228 g/mol. The second kappa shape index (κ2) is 6.92. The first-order chi connectivity index (χ1) is 8.06.